The van der Waals surface area contributed by atoms with Crippen molar-refractivity contribution in [1.82, 2.24) is 10.4 Å². The largest absolute Gasteiger partial charge is 0.486 e. The minimum Gasteiger partial charge on any atom is -0.486 e. The van der Waals surface area contributed by atoms with E-state index in [0.29, 0.717) is 23.3 Å². The molecule has 2 aromatic rings. The number of nitrogens with zero attached hydrogens (tertiary/aromatic N) is 1. The summed E-state index contributed by atoms with van der Waals surface area (Å²) in [5.74, 6) is 0.0907. The maximum Gasteiger partial charge on any atom is 0.267 e. The van der Waals surface area contributed by atoms with Crippen molar-refractivity contribution in [2.24, 2.45) is 0 Å². The van der Waals surface area contributed by atoms with Gasteiger partial charge >= 0.3 is 0 Å². The highest BCUT2D eigenvalue weighted by atomic mass is 35.5. The Morgan fingerprint density at radius 2 is 1.91 bits per heavy atom. The quantitative estimate of drug-likeness (QED) is 0.389. The van der Waals surface area contributed by atoms with E-state index in [1.165, 1.54) is 11.6 Å². The standard InChI is InChI=1S/C25H28N2O4.ClH/c28-22-18-25(31-23-10-8-20(17-21(22)23)9-11-24(29)26-30)12-15-27(16-13-25)14-4-7-19-5-2-1-3-6-19;/h1-3,5-6,8-11,17,30H,4,7,12-16,18H2,(H,26,29);1H. The molecule has 7 heteroatoms. The first-order valence-electron chi connectivity index (χ1n) is 10.8. The van der Waals surface area contributed by atoms with Crippen LogP contribution in [0.1, 0.15) is 47.2 Å². The Hall–Kier alpha value is -2.67. The van der Waals surface area contributed by atoms with Gasteiger partial charge in [-0.25, -0.2) is 5.48 Å². The lowest BCUT2D eigenvalue weighted by atomic mass is 9.82. The number of hydrogen-bond acceptors (Lipinski definition) is 5. The van der Waals surface area contributed by atoms with Gasteiger partial charge in [0.2, 0.25) is 0 Å². The van der Waals surface area contributed by atoms with Crippen LogP contribution in [0.3, 0.4) is 0 Å². The number of benzene rings is 2. The van der Waals surface area contributed by atoms with Crippen LogP contribution >= 0.6 is 12.4 Å². The molecular weight excluding hydrogens is 428 g/mol. The zero-order valence-electron chi connectivity index (χ0n) is 18.0. The predicted molar refractivity (Wildman–Crippen MR) is 125 cm³/mol. The average Bonchev–Trinajstić information content (AvgIpc) is 2.80. The Morgan fingerprint density at radius 3 is 2.62 bits per heavy atom. The van der Waals surface area contributed by atoms with Gasteiger partial charge in [0.25, 0.3) is 5.91 Å². The third kappa shape index (κ3) is 5.76. The Balaban J connectivity index is 0.00000289. The van der Waals surface area contributed by atoms with Crippen molar-refractivity contribution in [3.05, 3.63) is 71.3 Å². The van der Waals surface area contributed by atoms with E-state index in [9.17, 15) is 9.59 Å². The number of fused-ring (bicyclic) bond motifs is 1. The minimum atomic E-state index is -0.616. The van der Waals surface area contributed by atoms with Gasteiger partial charge in [-0.3, -0.25) is 14.8 Å². The smallest absolute Gasteiger partial charge is 0.267 e. The second-order valence-corrected chi connectivity index (χ2v) is 8.38. The van der Waals surface area contributed by atoms with Crippen LogP contribution in [0.5, 0.6) is 5.75 Å². The highest BCUT2D eigenvalue weighted by molar-refractivity contribution is 6.01. The molecule has 170 valence electrons. The Bertz CT molecular complexity index is 969. The molecule has 0 aliphatic carbocycles. The van der Waals surface area contributed by atoms with Crippen LogP contribution in [0.4, 0.5) is 0 Å². The van der Waals surface area contributed by atoms with Crippen LogP contribution in [-0.2, 0) is 11.2 Å². The molecule has 0 atom stereocenters. The van der Waals surface area contributed by atoms with Crippen LogP contribution in [0.25, 0.3) is 6.08 Å². The van der Waals surface area contributed by atoms with E-state index >= 15 is 0 Å². The van der Waals surface area contributed by atoms with E-state index in [-0.39, 0.29) is 18.2 Å². The van der Waals surface area contributed by atoms with Gasteiger partial charge in [-0.1, -0.05) is 36.4 Å². The second kappa shape index (κ2) is 10.8. The number of carbonyl (C=O) groups is 2. The lowest BCUT2D eigenvalue weighted by Crippen LogP contribution is -2.51. The van der Waals surface area contributed by atoms with Crippen LogP contribution in [0, 0.1) is 0 Å². The fourth-order valence-electron chi connectivity index (χ4n) is 4.44. The molecule has 2 aliphatic heterocycles. The monoisotopic (exact) mass is 456 g/mol. The Kier molecular flexibility index (Phi) is 8.07. The Morgan fingerprint density at radius 1 is 1.16 bits per heavy atom. The highest BCUT2D eigenvalue weighted by Gasteiger charge is 2.42. The number of piperidine rings is 1. The first-order valence-corrected chi connectivity index (χ1v) is 10.8. The summed E-state index contributed by atoms with van der Waals surface area (Å²) in [5, 5.41) is 8.58. The lowest BCUT2D eigenvalue weighted by Gasteiger charge is -2.44. The molecule has 1 spiro atoms. The van der Waals surface area contributed by atoms with Gasteiger partial charge in [0.15, 0.2) is 5.78 Å². The van der Waals surface area contributed by atoms with E-state index in [1.54, 1.807) is 23.7 Å². The molecule has 6 nitrogen and oxygen atoms in total. The molecule has 1 amide bonds. The van der Waals surface area contributed by atoms with Gasteiger partial charge in [-0.2, -0.15) is 0 Å². The summed E-state index contributed by atoms with van der Waals surface area (Å²) in [5.41, 5.74) is 3.78. The molecular formula is C25H29ClN2O4. The van der Waals surface area contributed by atoms with Gasteiger partial charge in [0, 0.05) is 32.0 Å². The van der Waals surface area contributed by atoms with Crippen molar-refractivity contribution >= 4 is 30.2 Å². The fraction of sp³-hybridized carbons (Fsp3) is 0.360. The summed E-state index contributed by atoms with van der Waals surface area (Å²) >= 11 is 0. The summed E-state index contributed by atoms with van der Waals surface area (Å²) in [6.07, 6.45) is 7.07. The molecule has 1 saturated heterocycles. The van der Waals surface area contributed by atoms with Crippen LogP contribution in [0.15, 0.2) is 54.6 Å². The van der Waals surface area contributed by atoms with E-state index in [0.717, 1.165) is 45.3 Å². The summed E-state index contributed by atoms with van der Waals surface area (Å²) in [6, 6.07) is 15.9. The van der Waals surface area contributed by atoms with E-state index in [2.05, 4.69) is 29.2 Å². The van der Waals surface area contributed by atoms with Crippen molar-refractivity contribution in [3.63, 3.8) is 0 Å². The van der Waals surface area contributed by atoms with Gasteiger partial charge in [0.05, 0.1) is 12.0 Å². The topological polar surface area (TPSA) is 78.9 Å². The number of hydroxylamine groups is 1. The van der Waals surface area contributed by atoms with Gasteiger partial charge in [-0.15, -0.1) is 12.4 Å². The van der Waals surface area contributed by atoms with Crippen molar-refractivity contribution < 1.29 is 19.5 Å². The molecule has 1 fully saturated rings. The van der Waals surface area contributed by atoms with Crippen molar-refractivity contribution in [1.29, 1.82) is 0 Å². The number of aryl methyl sites for hydroxylation is 1. The predicted octanol–water partition coefficient (Wildman–Crippen LogP) is 4.06. The maximum atomic E-state index is 12.9. The van der Waals surface area contributed by atoms with Crippen molar-refractivity contribution in [3.8, 4) is 5.75 Å². The Labute approximate surface area is 194 Å². The number of hydrogen-bond donors (Lipinski definition) is 2. The molecule has 2 heterocycles. The number of carbonyl (C=O) groups excluding carboxylic acids is 2. The third-order valence-electron chi connectivity index (χ3n) is 6.20. The molecule has 0 unspecified atom stereocenters. The summed E-state index contributed by atoms with van der Waals surface area (Å²) < 4.78 is 6.36. The van der Waals surface area contributed by atoms with E-state index in [4.69, 9.17) is 9.94 Å². The molecule has 4 rings (SSSR count). The zero-order valence-corrected chi connectivity index (χ0v) is 18.8. The zero-order chi connectivity index (χ0) is 21.7. The number of ketones is 1. The maximum absolute atomic E-state index is 12.9. The molecule has 0 aromatic heterocycles. The highest BCUT2D eigenvalue weighted by Crippen LogP contribution is 2.39. The summed E-state index contributed by atoms with van der Waals surface area (Å²) in [7, 11) is 0. The number of likely N-dealkylation sites (tertiary alicyclic amines) is 1. The molecule has 32 heavy (non-hydrogen) atoms. The lowest BCUT2D eigenvalue weighted by molar-refractivity contribution is -0.124. The normalized spacial score (nSPS) is 17.5. The van der Waals surface area contributed by atoms with Gasteiger partial charge in [0.1, 0.15) is 11.4 Å². The molecule has 0 bridgehead atoms. The molecule has 2 aliphatic rings. The first kappa shape index (κ1) is 24.0. The van der Waals surface area contributed by atoms with E-state index in [1.807, 2.05) is 12.1 Å². The number of Topliss-reactive ketones (excluding diaryl/α,β-unsaturated/α-hetero) is 1. The number of rotatable bonds is 6. The molecule has 0 radical (unpaired) electrons. The number of nitrogens with one attached hydrogen (secondary N) is 1. The van der Waals surface area contributed by atoms with Crippen molar-refractivity contribution in [2.45, 2.75) is 37.7 Å². The SMILES string of the molecule is Cl.O=C(C=Cc1ccc2c(c1)C(=O)CC1(CCN(CCCc3ccccc3)CC1)O2)NO. The number of halogens is 1. The van der Waals surface area contributed by atoms with Crippen molar-refractivity contribution in [2.75, 3.05) is 19.6 Å². The number of ether oxygens (including phenoxy) is 1. The van der Waals surface area contributed by atoms with Crippen LogP contribution < -0.4 is 10.2 Å². The number of amides is 1. The van der Waals surface area contributed by atoms with Gasteiger partial charge in [-0.05, 0) is 48.7 Å². The van der Waals surface area contributed by atoms with E-state index < -0.39 is 11.5 Å². The second-order valence-electron chi connectivity index (χ2n) is 8.38. The van der Waals surface area contributed by atoms with Crippen LogP contribution in [-0.4, -0.2) is 47.0 Å². The molecule has 2 aromatic carbocycles. The molecule has 0 saturated carbocycles. The minimum absolute atomic E-state index is 0. The van der Waals surface area contributed by atoms with Gasteiger partial charge < -0.3 is 9.64 Å². The fourth-order valence-corrected chi connectivity index (χ4v) is 4.44. The third-order valence-corrected chi connectivity index (χ3v) is 6.20. The first-order chi connectivity index (χ1) is 15.1. The summed E-state index contributed by atoms with van der Waals surface area (Å²) in [4.78, 5) is 26.5. The average molecular weight is 457 g/mol. The summed E-state index contributed by atoms with van der Waals surface area (Å²) in [6.45, 7) is 2.94. The molecule has 2 N–H and O–H groups in total. The van der Waals surface area contributed by atoms with Crippen LogP contribution in [0.2, 0.25) is 0 Å².